The Morgan fingerprint density at radius 3 is 2.68 bits per heavy atom. The van der Waals surface area contributed by atoms with Crippen LogP contribution < -0.4 is 5.32 Å². The lowest BCUT2D eigenvalue weighted by molar-refractivity contribution is 0.0889. The van der Waals surface area contributed by atoms with E-state index in [-0.39, 0.29) is 18.8 Å². The van der Waals surface area contributed by atoms with Gasteiger partial charge >= 0.3 is 6.09 Å². The van der Waals surface area contributed by atoms with Crippen LogP contribution in [-0.4, -0.2) is 50.8 Å². The topological polar surface area (TPSA) is 98.3 Å². The Balaban J connectivity index is 2.06. The molecule has 2 aromatic rings. The summed E-state index contributed by atoms with van der Waals surface area (Å²) < 4.78 is 13.4. The van der Waals surface area contributed by atoms with E-state index in [0.29, 0.717) is 11.1 Å². The zero-order valence-corrected chi connectivity index (χ0v) is 14.3. The van der Waals surface area contributed by atoms with Crippen LogP contribution in [-0.2, 0) is 0 Å². The van der Waals surface area contributed by atoms with Gasteiger partial charge in [0.1, 0.15) is 5.82 Å². The highest BCUT2D eigenvalue weighted by Crippen LogP contribution is 2.22. The third-order valence-corrected chi connectivity index (χ3v) is 3.65. The number of carbonyl (C=O) groups is 2. The van der Waals surface area contributed by atoms with E-state index < -0.39 is 23.4 Å². The lowest BCUT2D eigenvalue weighted by Crippen LogP contribution is -2.48. The summed E-state index contributed by atoms with van der Waals surface area (Å²) in [5, 5.41) is 18.4. The number of nitrogens with one attached hydrogen (secondary N) is 2. The molecule has 134 valence electrons. The minimum Gasteiger partial charge on any atom is -0.465 e. The third kappa shape index (κ3) is 4.56. The summed E-state index contributed by atoms with van der Waals surface area (Å²) in [6, 6.07) is 5.85. The number of carboxylic acid groups (broad SMARTS) is 1. The molecule has 7 nitrogen and oxygen atoms in total. The van der Waals surface area contributed by atoms with Crippen molar-refractivity contribution in [2.45, 2.75) is 26.3 Å². The first-order valence-corrected chi connectivity index (χ1v) is 7.78. The summed E-state index contributed by atoms with van der Waals surface area (Å²) in [6.45, 7) is 5.61. The van der Waals surface area contributed by atoms with Crippen LogP contribution in [0.1, 0.15) is 31.3 Å². The van der Waals surface area contributed by atoms with Gasteiger partial charge in [-0.15, -0.1) is 0 Å². The van der Waals surface area contributed by atoms with E-state index in [4.69, 9.17) is 0 Å². The van der Waals surface area contributed by atoms with Crippen molar-refractivity contribution in [3.05, 3.63) is 42.0 Å². The number of nitrogens with zero attached hydrogens (tertiary/aromatic N) is 2. The quantitative estimate of drug-likeness (QED) is 0.774. The Kier molecular flexibility index (Phi) is 5.41. The summed E-state index contributed by atoms with van der Waals surface area (Å²) >= 11 is 0. The first kappa shape index (κ1) is 18.4. The number of halogens is 1. The van der Waals surface area contributed by atoms with Crippen molar-refractivity contribution in [3.63, 3.8) is 0 Å². The van der Waals surface area contributed by atoms with Crippen LogP contribution >= 0.6 is 0 Å². The Bertz CT molecular complexity index is 767. The molecule has 0 atom stereocenters. The van der Waals surface area contributed by atoms with Gasteiger partial charge in [0.05, 0.1) is 0 Å². The molecule has 2 amide bonds. The number of amides is 2. The zero-order valence-electron chi connectivity index (χ0n) is 14.3. The van der Waals surface area contributed by atoms with Crippen molar-refractivity contribution in [1.29, 1.82) is 0 Å². The van der Waals surface area contributed by atoms with Gasteiger partial charge in [-0.25, -0.2) is 9.18 Å². The standard InChI is InChI=1S/C17H21FN4O3/c1-17(2,3)22(16(24)25)8-7-19-15(23)14-13(10-20-21-14)11-5-4-6-12(18)9-11/h4-6,9-10H,7-8H2,1-3H3,(H,19,23)(H,20,21)(H,24,25). The molecule has 0 aliphatic rings. The van der Waals surface area contributed by atoms with E-state index in [1.807, 2.05) is 0 Å². The summed E-state index contributed by atoms with van der Waals surface area (Å²) in [5.74, 6) is -0.868. The van der Waals surface area contributed by atoms with Crippen molar-refractivity contribution in [1.82, 2.24) is 20.4 Å². The van der Waals surface area contributed by atoms with E-state index in [2.05, 4.69) is 15.5 Å². The number of hydrogen-bond acceptors (Lipinski definition) is 3. The minimum absolute atomic E-state index is 0.128. The van der Waals surface area contributed by atoms with E-state index >= 15 is 0 Å². The van der Waals surface area contributed by atoms with Crippen LogP contribution in [0.4, 0.5) is 9.18 Å². The maximum absolute atomic E-state index is 13.4. The molecule has 0 spiro atoms. The van der Waals surface area contributed by atoms with E-state index in [0.717, 1.165) is 0 Å². The van der Waals surface area contributed by atoms with Gasteiger partial charge < -0.3 is 15.3 Å². The number of rotatable bonds is 5. The molecule has 2 rings (SSSR count). The largest absolute Gasteiger partial charge is 0.465 e. The lowest BCUT2D eigenvalue weighted by Gasteiger charge is -2.33. The first-order chi connectivity index (χ1) is 11.7. The molecular formula is C17H21FN4O3. The van der Waals surface area contributed by atoms with Crippen molar-refractivity contribution in [3.8, 4) is 11.1 Å². The van der Waals surface area contributed by atoms with E-state index in [1.54, 1.807) is 32.9 Å². The second-order valence-electron chi connectivity index (χ2n) is 6.52. The lowest BCUT2D eigenvalue weighted by atomic mass is 10.1. The Labute approximate surface area is 144 Å². The average Bonchev–Trinajstić information content (AvgIpc) is 2.99. The molecule has 0 bridgehead atoms. The minimum atomic E-state index is -1.05. The van der Waals surface area contributed by atoms with Crippen molar-refractivity contribution >= 4 is 12.0 Å². The Morgan fingerprint density at radius 1 is 1.36 bits per heavy atom. The maximum Gasteiger partial charge on any atom is 0.407 e. The van der Waals surface area contributed by atoms with Gasteiger partial charge in [0, 0.05) is 30.4 Å². The van der Waals surface area contributed by atoms with Gasteiger partial charge in [-0.2, -0.15) is 5.10 Å². The van der Waals surface area contributed by atoms with Gasteiger partial charge in [-0.3, -0.25) is 9.89 Å². The molecule has 1 aromatic carbocycles. The van der Waals surface area contributed by atoms with Crippen molar-refractivity contribution in [2.24, 2.45) is 0 Å². The smallest absolute Gasteiger partial charge is 0.407 e. The maximum atomic E-state index is 13.4. The molecule has 3 N–H and O–H groups in total. The van der Waals surface area contributed by atoms with Crippen LogP contribution in [0.5, 0.6) is 0 Å². The van der Waals surface area contributed by atoms with E-state index in [9.17, 15) is 19.1 Å². The summed E-state index contributed by atoms with van der Waals surface area (Å²) in [4.78, 5) is 24.9. The van der Waals surface area contributed by atoms with Gasteiger partial charge in [-0.1, -0.05) is 12.1 Å². The van der Waals surface area contributed by atoms with Crippen LogP contribution in [0.3, 0.4) is 0 Å². The second kappa shape index (κ2) is 7.33. The number of H-pyrrole nitrogens is 1. The number of aromatic amines is 1. The third-order valence-electron chi connectivity index (χ3n) is 3.65. The monoisotopic (exact) mass is 348 g/mol. The second-order valence-corrected chi connectivity index (χ2v) is 6.52. The fraction of sp³-hybridized carbons (Fsp3) is 0.353. The summed E-state index contributed by atoms with van der Waals surface area (Å²) in [5.41, 5.74) is 0.558. The van der Waals surface area contributed by atoms with E-state index in [1.165, 1.54) is 23.2 Å². The molecule has 0 radical (unpaired) electrons. The normalized spacial score (nSPS) is 11.2. The molecule has 0 unspecified atom stereocenters. The van der Waals surface area contributed by atoms with Crippen LogP contribution in [0.15, 0.2) is 30.5 Å². The number of aromatic nitrogens is 2. The van der Waals surface area contributed by atoms with Crippen LogP contribution in [0.25, 0.3) is 11.1 Å². The molecule has 25 heavy (non-hydrogen) atoms. The van der Waals surface area contributed by atoms with Crippen LogP contribution in [0.2, 0.25) is 0 Å². The Morgan fingerprint density at radius 2 is 2.08 bits per heavy atom. The van der Waals surface area contributed by atoms with Crippen molar-refractivity contribution < 1.29 is 19.1 Å². The molecular weight excluding hydrogens is 327 g/mol. The van der Waals surface area contributed by atoms with Gasteiger partial charge in [0.2, 0.25) is 0 Å². The van der Waals surface area contributed by atoms with Gasteiger partial charge in [0.15, 0.2) is 5.69 Å². The highest BCUT2D eigenvalue weighted by atomic mass is 19.1. The first-order valence-electron chi connectivity index (χ1n) is 7.78. The fourth-order valence-electron chi connectivity index (χ4n) is 2.42. The molecule has 0 saturated carbocycles. The molecule has 0 saturated heterocycles. The van der Waals surface area contributed by atoms with Crippen molar-refractivity contribution in [2.75, 3.05) is 13.1 Å². The molecule has 0 aliphatic heterocycles. The predicted molar refractivity (Wildman–Crippen MR) is 90.8 cm³/mol. The van der Waals surface area contributed by atoms with Gasteiger partial charge in [-0.05, 0) is 38.5 Å². The Hall–Kier alpha value is -2.90. The number of hydrogen-bond donors (Lipinski definition) is 3. The average molecular weight is 348 g/mol. The van der Waals surface area contributed by atoms with Gasteiger partial charge in [0.25, 0.3) is 5.91 Å². The highest BCUT2D eigenvalue weighted by molar-refractivity contribution is 5.98. The molecule has 8 heteroatoms. The predicted octanol–water partition coefficient (Wildman–Crippen LogP) is 2.72. The number of benzene rings is 1. The SMILES string of the molecule is CC(C)(C)N(CCNC(=O)c1n[nH]cc1-c1cccc(F)c1)C(=O)O. The molecule has 0 fully saturated rings. The molecule has 1 aromatic heterocycles. The summed E-state index contributed by atoms with van der Waals surface area (Å²) in [7, 11) is 0. The molecule has 0 aliphatic carbocycles. The molecule has 1 heterocycles. The zero-order chi connectivity index (χ0) is 18.6. The number of carbonyl (C=O) groups excluding carboxylic acids is 1. The highest BCUT2D eigenvalue weighted by Gasteiger charge is 2.26. The summed E-state index contributed by atoms with van der Waals surface area (Å²) in [6.07, 6.45) is 0.463. The fourth-order valence-corrected chi connectivity index (χ4v) is 2.42. The van der Waals surface area contributed by atoms with Crippen LogP contribution in [0, 0.1) is 5.82 Å².